The van der Waals surface area contributed by atoms with Gasteiger partial charge in [-0.15, -0.1) is 0 Å². The predicted molar refractivity (Wildman–Crippen MR) is 95.7 cm³/mol. The summed E-state index contributed by atoms with van der Waals surface area (Å²) in [7, 11) is 0. The standard InChI is InChI=1S/C19H20F2N4O/c1-19(2)5-7-24(8-6-19)13-3-4-15(22-11-13)25-17-12(10-23-25)9-14(20)18(26)16(17)21/h3-4,9-11,26H,5-8H2,1-2H3. The smallest absolute Gasteiger partial charge is 0.194 e. The molecule has 1 saturated heterocycles. The van der Waals surface area contributed by atoms with E-state index in [9.17, 15) is 13.9 Å². The fourth-order valence-corrected chi connectivity index (χ4v) is 3.34. The molecule has 5 nitrogen and oxygen atoms in total. The van der Waals surface area contributed by atoms with Crippen LogP contribution in [0.2, 0.25) is 0 Å². The number of rotatable bonds is 2. The maximum Gasteiger partial charge on any atom is 0.194 e. The van der Waals surface area contributed by atoms with Crippen molar-refractivity contribution in [1.29, 1.82) is 0 Å². The number of benzene rings is 1. The van der Waals surface area contributed by atoms with Crippen LogP contribution in [0.1, 0.15) is 26.7 Å². The first-order valence-electron chi connectivity index (χ1n) is 8.62. The summed E-state index contributed by atoms with van der Waals surface area (Å²) in [6.07, 6.45) is 5.33. The third-order valence-corrected chi connectivity index (χ3v) is 5.15. The van der Waals surface area contributed by atoms with Crippen molar-refractivity contribution in [3.63, 3.8) is 0 Å². The van der Waals surface area contributed by atoms with E-state index < -0.39 is 17.4 Å². The van der Waals surface area contributed by atoms with Gasteiger partial charge in [0.05, 0.1) is 18.1 Å². The lowest BCUT2D eigenvalue weighted by molar-refractivity contribution is 0.280. The van der Waals surface area contributed by atoms with Crippen molar-refractivity contribution < 1.29 is 13.9 Å². The monoisotopic (exact) mass is 358 g/mol. The summed E-state index contributed by atoms with van der Waals surface area (Å²) in [5.74, 6) is -2.65. The van der Waals surface area contributed by atoms with E-state index in [0.29, 0.717) is 11.2 Å². The molecular weight excluding hydrogens is 338 g/mol. The van der Waals surface area contributed by atoms with Gasteiger partial charge in [0.2, 0.25) is 0 Å². The lowest BCUT2D eigenvalue weighted by atomic mass is 9.82. The van der Waals surface area contributed by atoms with E-state index in [1.165, 1.54) is 10.9 Å². The van der Waals surface area contributed by atoms with Crippen molar-refractivity contribution in [2.45, 2.75) is 26.7 Å². The number of anilines is 1. The van der Waals surface area contributed by atoms with Gasteiger partial charge in [-0.05, 0) is 36.5 Å². The van der Waals surface area contributed by atoms with Gasteiger partial charge in [-0.25, -0.2) is 18.4 Å². The number of nitrogens with zero attached hydrogens (tertiary/aromatic N) is 4. The van der Waals surface area contributed by atoms with Crippen molar-refractivity contribution in [1.82, 2.24) is 14.8 Å². The van der Waals surface area contributed by atoms with Gasteiger partial charge in [-0.3, -0.25) is 0 Å². The zero-order valence-corrected chi connectivity index (χ0v) is 14.7. The minimum absolute atomic E-state index is 0.00359. The molecule has 0 atom stereocenters. The number of fused-ring (bicyclic) bond motifs is 1. The lowest BCUT2D eigenvalue weighted by Gasteiger charge is -2.38. The molecule has 3 heterocycles. The van der Waals surface area contributed by atoms with Crippen LogP contribution in [0.5, 0.6) is 5.75 Å². The molecule has 0 radical (unpaired) electrons. The third kappa shape index (κ3) is 2.77. The van der Waals surface area contributed by atoms with Crippen LogP contribution in [0.3, 0.4) is 0 Å². The minimum Gasteiger partial charge on any atom is -0.503 e. The van der Waals surface area contributed by atoms with Gasteiger partial charge in [-0.1, -0.05) is 13.8 Å². The molecule has 1 N–H and O–H groups in total. The van der Waals surface area contributed by atoms with Crippen LogP contribution in [0.15, 0.2) is 30.6 Å². The zero-order valence-electron chi connectivity index (χ0n) is 14.7. The summed E-state index contributed by atoms with van der Waals surface area (Å²) in [5.41, 5.74) is 1.38. The predicted octanol–water partition coefficient (Wildman–Crippen LogP) is 4.03. The number of phenols is 1. The first kappa shape index (κ1) is 16.8. The van der Waals surface area contributed by atoms with E-state index in [2.05, 4.69) is 28.8 Å². The van der Waals surface area contributed by atoms with Crippen molar-refractivity contribution in [2.75, 3.05) is 18.0 Å². The highest BCUT2D eigenvalue weighted by Gasteiger charge is 2.25. The van der Waals surface area contributed by atoms with Crippen LogP contribution in [0.4, 0.5) is 14.5 Å². The highest BCUT2D eigenvalue weighted by Crippen LogP contribution is 2.33. The van der Waals surface area contributed by atoms with Crippen molar-refractivity contribution in [3.05, 3.63) is 42.2 Å². The molecule has 136 valence electrons. The van der Waals surface area contributed by atoms with Crippen LogP contribution in [-0.2, 0) is 0 Å². The second-order valence-electron chi connectivity index (χ2n) is 7.54. The van der Waals surface area contributed by atoms with Crippen LogP contribution in [0.25, 0.3) is 16.7 Å². The molecule has 0 amide bonds. The summed E-state index contributed by atoms with van der Waals surface area (Å²) >= 11 is 0. The average Bonchev–Trinajstić information content (AvgIpc) is 3.04. The van der Waals surface area contributed by atoms with Gasteiger partial charge >= 0.3 is 0 Å². The molecule has 0 bridgehead atoms. The van der Waals surface area contributed by atoms with Crippen LogP contribution >= 0.6 is 0 Å². The molecule has 1 aromatic carbocycles. The quantitative estimate of drug-likeness (QED) is 0.751. The summed E-state index contributed by atoms with van der Waals surface area (Å²) in [6.45, 7) is 6.50. The van der Waals surface area contributed by atoms with Crippen LogP contribution in [-0.4, -0.2) is 33.0 Å². The number of aromatic hydroxyl groups is 1. The normalized spacial score (nSPS) is 17.0. The largest absolute Gasteiger partial charge is 0.503 e. The lowest BCUT2D eigenvalue weighted by Crippen LogP contribution is -2.37. The Kier molecular flexibility index (Phi) is 3.82. The molecule has 26 heavy (non-hydrogen) atoms. The number of piperidine rings is 1. The topological polar surface area (TPSA) is 54.2 Å². The molecule has 4 rings (SSSR count). The third-order valence-electron chi connectivity index (χ3n) is 5.15. The molecule has 0 aliphatic carbocycles. The number of hydrogen-bond donors (Lipinski definition) is 1. The Bertz CT molecular complexity index is 956. The Morgan fingerprint density at radius 1 is 1.12 bits per heavy atom. The van der Waals surface area contributed by atoms with Gasteiger partial charge in [-0.2, -0.15) is 5.10 Å². The van der Waals surface area contributed by atoms with Gasteiger partial charge in [0, 0.05) is 18.5 Å². The molecule has 1 fully saturated rings. The van der Waals surface area contributed by atoms with Gasteiger partial charge < -0.3 is 10.0 Å². The summed E-state index contributed by atoms with van der Waals surface area (Å²) < 4.78 is 29.1. The van der Waals surface area contributed by atoms with E-state index in [4.69, 9.17) is 0 Å². The number of halogens is 2. The van der Waals surface area contributed by atoms with E-state index in [0.717, 1.165) is 37.7 Å². The second kappa shape index (κ2) is 5.93. The molecule has 0 saturated carbocycles. The Morgan fingerprint density at radius 2 is 1.85 bits per heavy atom. The van der Waals surface area contributed by atoms with Crippen LogP contribution < -0.4 is 4.90 Å². The number of aromatic nitrogens is 3. The van der Waals surface area contributed by atoms with Gasteiger partial charge in [0.1, 0.15) is 5.52 Å². The highest BCUT2D eigenvalue weighted by atomic mass is 19.1. The summed E-state index contributed by atoms with van der Waals surface area (Å²) in [5, 5.41) is 13.9. The van der Waals surface area contributed by atoms with Crippen molar-refractivity contribution in [2.24, 2.45) is 5.41 Å². The number of hydrogen-bond acceptors (Lipinski definition) is 4. The molecule has 0 unspecified atom stereocenters. The Morgan fingerprint density at radius 3 is 2.50 bits per heavy atom. The fourth-order valence-electron chi connectivity index (χ4n) is 3.34. The molecule has 1 aliphatic heterocycles. The number of pyridine rings is 1. The van der Waals surface area contributed by atoms with E-state index in [-0.39, 0.29) is 10.9 Å². The zero-order chi connectivity index (χ0) is 18.5. The van der Waals surface area contributed by atoms with Crippen LogP contribution in [0, 0.1) is 17.0 Å². The molecule has 7 heteroatoms. The Labute approximate surface area is 149 Å². The maximum absolute atomic E-state index is 14.3. The van der Waals surface area contributed by atoms with Gasteiger partial charge in [0.25, 0.3) is 0 Å². The molecular formula is C19H20F2N4O. The molecule has 1 aliphatic rings. The highest BCUT2D eigenvalue weighted by molar-refractivity contribution is 5.82. The van der Waals surface area contributed by atoms with Crippen molar-refractivity contribution in [3.8, 4) is 11.6 Å². The van der Waals surface area contributed by atoms with E-state index in [1.807, 2.05) is 6.07 Å². The molecule has 0 spiro atoms. The summed E-state index contributed by atoms with van der Waals surface area (Å²) in [4.78, 5) is 6.68. The summed E-state index contributed by atoms with van der Waals surface area (Å²) in [6, 6.07) is 4.73. The average molecular weight is 358 g/mol. The molecule has 2 aromatic heterocycles. The second-order valence-corrected chi connectivity index (χ2v) is 7.54. The first-order valence-corrected chi connectivity index (χ1v) is 8.62. The Balaban J connectivity index is 1.66. The maximum atomic E-state index is 14.3. The Hall–Kier alpha value is -2.70. The molecule has 3 aromatic rings. The van der Waals surface area contributed by atoms with Crippen molar-refractivity contribution >= 4 is 16.6 Å². The SMILES string of the molecule is CC1(C)CCN(c2ccc(-n3ncc4cc(F)c(O)c(F)c43)nc2)CC1. The van der Waals surface area contributed by atoms with E-state index >= 15 is 0 Å². The first-order chi connectivity index (χ1) is 12.4. The van der Waals surface area contributed by atoms with Gasteiger partial charge in [0.15, 0.2) is 23.2 Å². The fraction of sp³-hybridized carbons (Fsp3) is 0.368. The minimum atomic E-state index is -1.04. The number of phenolic OH excluding ortho intramolecular Hbond substituents is 1. The van der Waals surface area contributed by atoms with E-state index in [1.54, 1.807) is 12.3 Å².